The van der Waals surface area contributed by atoms with Gasteiger partial charge in [0.25, 0.3) is 0 Å². The van der Waals surface area contributed by atoms with E-state index in [-0.39, 0.29) is 5.43 Å². The van der Waals surface area contributed by atoms with Crippen LogP contribution in [0.3, 0.4) is 0 Å². The van der Waals surface area contributed by atoms with Crippen LogP contribution in [0.2, 0.25) is 0 Å². The lowest BCUT2D eigenvalue weighted by Crippen LogP contribution is -2.01. The van der Waals surface area contributed by atoms with E-state index >= 15 is 0 Å². The maximum atomic E-state index is 13.7. The zero-order chi connectivity index (χ0) is 35.0. The topological polar surface area (TPSA) is 53.2 Å². The monoisotopic (exact) mass is 672 g/mol. The Kier molecular flexibility index (Phi) is 5.74. The van der Waals surface area contributed by atoms with Gasteiger partial charge in [-0.1, -0.05) is 58.7 Å². The second-order valence-electron chi connectivity index (χ2n) is 14.5. The molecule has 0 aliphatic heterocycles. The van der Waals surface area contributed by atoms with E-state index < -0.39 is 0 Å². The fourth-order valence-electron chi connectivity index (χ4n) is 8.47. The van der Waals surface area contributed by atoms with E-state index in [1.54, 1.807) is 0 Å². The number of hydrogen-bond donors (Lipinski definition) is 0. The van der Waals surface area contributed by atoms with E-state index in [2.05, 4.69) is 122 Å². The number of hydrogen-bond acceptors (Lipinski definition) is 3. The third-order valence-electron chi connectivity index (χ3n) is 10.9. The molecule has 0 spiro atoms. The number of nitrogens with zero attached hydrogens (tertiary/aromatic N) is 2. The third kappa shape index (κ3) is 3.96. The summed E-state index contributed by atoms with van der Waals surface area (Å²) in [5, 5.41) is 7.74. The van der Waals surface area contributed by atoms with Gasteiger partial charge in [0.2, 0.25) is 5.43 Å². The van der Waals surface area contributed by atoms with Crippen molar-refractivity contribution in [1.82, 2.24) is 9.13 Å². The minimum Gasteiger partial charge on any atom is -0.456 e. The van der Waals surface area contributed by atoms with Gasteiger partial charge >= 0.3 is 0 Å². The van der Waals surface area contributed by atoms with E-state index in [0.717, 1.165) is 49.8 Å². The Morgan fingerprint density at radius 2 is 0.904 bits per heavy atom. The van der Waals surface area contributed by atoms with Crippen molar-refractivity contribution in [2.24, 2.45) is 0 Å². The average Bonchev–Trinajstić information content (AvgIpc) is 3.77. The summed E-state index contributed by atoms with van der Waals surface area (Å²) in [6.45, 7) is 8.59. The Bertz CT molecular complexity index is 3310. The average molecular weight is 673 g/mol. The van der Waals surface area contributed by atoms with Gasteiger partial charge < -0.3 is 18.0 Å². The Hall–Kier alpha value is -6.59. The van der Waals surface area contributed by atoms with Crippen LogP contribution in [0.15, 0.2) is 135 Å². The summed E-state index contributed by atoms with van der Waals surface area (Å²) in [5.41, 5.74) is 13.7. The van der Waals surface area contributed by atoms with Gasteiger partial charge in [-0.05, 0) is 113 Å². The third-order valence-corrected chi connectivity index (χ3v) is 10.9. The first-order chi connectivity index (χ1) is 25.3. The Morgan fingerprint density at radius 3 is 1.48 bits per heavy atom. The molecule has 0 radical (unpaired) electrons. The van der Waals surface area contributed by atoms with Gasteiger partial charge in [0.15, 0.2) is 5.58 Å². The Morgan fingerprint density at radius 1 is 0.404 bits per heavy atom. The highest BCUT2D eigenvalue weighted by Crippen LogP contribution is 2.42. The molecule has 11 aromatic rings. The first-order valence-electron chi connectivity index (χ1n) is 17.7. The molecule has 0 unspecified atom stereocenters. The van der Waals surface area contributed by atoms with Gasteiger partial charge in [-0.2, -0.15) is 0 Å². The molecule has 0 saturated carbocycles. The number of benzene rings is 7. The van der Waals surface area contributed by atoms with E-state index in [1.165, 1.54) is 43.8 Å². The number of rotatable bonds is 2. The first kappa shape index (κ1) is 29.2. The maximum absolute atomic E-state index is 13.7. The van der Waals surface area contributed by atoms with Gasteiger partial charge in [-0.15, -0.1) is 0 Å². The standard InChI is InChI=1S/C47H32N2O3/c1-25-9-13-38-31(17-25)32-18-26(2)10-14-39(32)48(38)29-21-36-35-23-45-37(46(50)30-7-5-6-8-43(30)51-45)24-44(35)52-47(36)42(22-29)49-40-15-11-27(3)19-33(40)34-20-28(4)12-16-41(34)49/h5-24H,1-4H3. The summed E-state index contributed by atoms with van der Waals surface area (Å²) in [6.07, 6.45) is 0. The lowest BCUT2D eigenvalue weighted by molar-refractivity contribution is 0.656. The predicted octanol–water partition coefficient (Wildman–Crippen LogP) is 12.3. The molecular formula is C47H32N2O3. The first-order valence-corrected chi connectivity index (χ1v) is 17.7. The van der Waals surface area contributed by atoms with E-state index in [1.807, 2.05) is 36.4 Å². The van der Waals surface area contributed by atoms with Crippen LogP contribution >= 0.6 is 0 Å². The zero-order valence-corrected chi connectivity index (χ0v) is 29.2. The summed E-state index contributed by atoms with van der Waals surface area (Å²) in [7, 11) is 0. The molecule has 0 N–H and O–H groups in total. The van der Waals surface area contributed by atoms with E-state index in [0.29, 0.717) is 27.5 Å². The van der Waals surface area contributed by atoms with Gasteiger partial charge in [-0.25, -0.2) is 0 Å². The quantitative estimate of drug-likeness (QED) is 0.172. The predicted molar refractivity (Wildman–Crippen MR) is 215 cm³/mol. The summed E-state index contributed by atoms with van der Waals surface area (Å²) < 4.78 is 18.0. The van der Waals surface area contributed by atoms with Crippen LogP contribution in [0.5, 0.6) is 0 Å². The van der Waals surface area contributed by atoms with Crippen LogP contribution in [0.4, 0.5) is 0 Å². The summed E-state index contributed by atoms with van der Waals surface area (Å²) in [6, 6.07) is 42.5. The zero-order valence-electron chi connectivity index (χ0n) is 29.2. The molecule has 5 nitrogen and oxygen atoms in total. The molecular weight excluding hydrogens is 641 g/mol. The van der Waals surface area contributed by atoms with Crippen molar-refractivity contribution in [3.05, 3.63) is 154 Å². The lowest BCUT2D eigenvalue weighted by atomic mass is 10.1. The van der Waals surface area contributed by atoms with Crippen LogP contribution < -0.4 is 5.43 Å². The molecule has 52 heavy (non-hydrogen) atoms. The van der Waals surface area contributed by atoms with Crippen molar-refractivity contribution < 1.29 is 8.83 Å². The summed E-state index contributed by atoms with van der Waals surface area (Å²) in [5.74, 6) is 0. The number of aromatic nitrogens is 2. The molecule has 0 aliphatic rings. The lowest BCUT2D eigenvalue weighted by Gasteiger charge is -2.14. The van der Waals surface area contributed by atoms with Crippen molar-refractivity contribution in [1.29, 1.82) is 0 Å². The van der Waals surface area contributed by atoms with Gasteiger partial charge in [0.05, 0.1) is 38.5 Å². The SMILES string of the molecule is Cc1ccc2c(c1)c1cc(C)ccc1n2-c1cc(-n2c3ccc(C)cc3c3cc(C)ccc32)c2oc3cc4c(=O)c5ccccc5oc4cc3c2c1. The molecule has 4 aromatic heterocycles. The Balaban J connectivity index is 1.34. The second-order valence-corrected chi connectivity index (χ2v) is 14.5. The molecule has 4 heterocycles. The molecule has 5 heteroatoms. The molecule has 7 aromatic carbocycles. The van der Waals surface area contributed by atoms with Crippen molar-refractivity contribution in [2.45, 2.75) is 27.7 Å². The fourth-order valence-corrected chi connectivity index (χ4v) is 8.47. The molecule has 0 bridgehead atoms. The fraction of sp³-hybridized carbons (Fsp3) is 0.0851. The second kappa shape index (κ2) is 10.2. The minimum atomic E-state index is -0.0656. The molecule has 0 aliphatic carbocycles. The molecule has 0 saturated heterocycles. The van der Waals surface area contributed by atoms with Crippen molar-refractivity contribution in [3.8, 4) is 11.4 Å². The smallest absolute Gasteiger partial charge is 0.200 e. The maximum Gasteiger partial charge on any atom is 0.200 e. The highest BCUT2D eigenvalue weighted by molar-refractivity contribution is 6.16. The van der Waals surface area contributed by atoms with Crippen molar-refractivity contribution in [3.63, 3.8) is 0 Å². The van der Waals surface area contributed by atoms with Crippen LogP contribution in [0.1, 0.15) is 22.3 Å². The number of para-hydroxylation sites is 1. The van der Waals surface area contributed by atoms with Crippen LogP contribution in [0, 0.1) is 27.7 Å². The van der Waals surface area contributed by atoms with Crippen LogP contribution in [-0.4, -0.2) is 9.13 Å². The minimum absolute atomic E-state index is 0.0656. The number of furan rings is 1. The van der Waals surface area contributed by atoms with Crippen LogP contribution in [-0.2, 0) is 0 Å². The highest BCUT2D eigenvalue weighted by atomic mass is 16.3. The molecule has 0 atom stereocenters. The van der Waals surface area contributed by atoms with Gasteiger partial charge in [0, 0.05) is 38.0 Å². The van der Waals surface area contributed by atoms with Gasteiger partial charge in [-0.3, -0.25) is 4.79 Å². The summed E-state index contributed by atoms with van der Waals surface area (Å²) >= 11 is 0. The number of aryl methyl sites for hydroxylation is 4. The van der Waals surface area contributed by atoms with Crippen LogP contribution in [0.25, 0.3) is 98.9 Å². The molecule has 0 amide bonds. The normalized spacial score (nSPS) is 12.3. The highest BCUT2D eigenvalue weighted by Gasteiger charge is 2.23. The molecule has 11 rings (SSSR count). The number of fused-ring (bicyclic) bond motifs is 11. The van der Waals surface area contributed by atoms with E-state index in [4.69, 9.17) is 8.83 Å². The van der Waals surface area contributed by atoms with Crippen molar-refractivity contribution in [2.75, 3.05) is 0 Å². The molecule has 0 fully saturated rings. The molecule has 248 valence electrons. The van der Waals surface area contributed by atoms with Gasteiger partial charge in [0.1, 0.15) is 16.7 Å². The van der Waals surface area contributed by atoms with E-state index in [9.17, 15) is 4.79 Å². The Labute approximate surface area is 297 Å². The summed E-state index contributed by atoms with van der Waals surface area (Å²) in [4.78, 5) is 13.7. The largest absolute Gasteiger partial charge is 0.456 e. The van der Waals surface area contributed by atoms with Crippen molar-refractivity contribution >= 4 is 87.5 Å².